The number of carbonyl (C=O) groups excluding carboxylic acids is 1. The van der Waals surface area contributed by atoms with E-state index in [-0.39, 0.29) is 12.5 Å². The maximum Gasteiger partial charge on any atom is 0.244 e. The molecule has 134 valence electrons. The number of hydrogen-bond acceptors (Lipinski definition) is 5. The van der Waals surface area contributed by atoms with E-state index in [9.17, 15) is 4.79 Å². The lowest BCUT2D eigenvalue weighted by molar-refractivity contribution is -0.116. The Morgan fingerprint density at radius 3 is 2.52 bits per heavy atom. The molecular weight excluding hydrogens is 340 g/mol. The van der Waals surface area contributed by atoms with Crippen molar-refractivity contribution >= 4 is 28.6 Å². The summed E-state index contributed by atoms with van der Waals surface area (Å²) in [5.74, 6) is 0.482. The first-order valence-electron chi connectivity index (χ1n) is 8.57. The molecule has 0 unspecified atom stereocenters. The van der Waals surface area contributed by atoms with Gasteiger partial charge in [-0.3, -0.25) is 4.79 Å². The lowest BCUT2D eigenvalue weighted by Gasteiger charge is -2.11. The van der Waals surface area contributed by atoms with Gasteiger partial charge in [-0.15, -0.1) is 0 Å². The van der Waals surface area contributed by atoms with Crippen molar-refractivity contribution in [1.29, 1.82) is 0 Å². The summed E-state index contributed by atoms with van der Waals surface area (Å²) in [6.45, 7) is 0.755. The lowest BCUT2D eigenvalue weighted by atomic mass is 10.2. The molecule has 2 heterocycles. The first-order valence-corrected chi connectivity index (χ1v) is 8.57. The van der Waals surface area contributed by atoms with Gasteiger partial charge in [0.1, 0.15) is 12.9 Å². The van der Waals surface area contributed by atoms with E-state index in [1.165, 1.54) is 6.33 Å². The highest BCUT2D eigenvalue weighted by atomic mass is 16.2. The predicted octanol–water partition coefficient (Wildman–Crippen LogP) is 3.08. The highest BCUT2D eigenvalue weighted by Crippen LogP contribution is 2.20. The Hall–Kier alpha value is -3.74. The zero-order chi connectivity index (χ0) is 18.5. The van der Waals surface area contributed by atoms with Gasteiger partial charge in [-0.2, -0.15) is 0 Å². The largest absolute Gasteiger partial charge is 0.352 e. The topological polar surface area (TPSA) is 84.7 Å². The van der Waals surface area contributed by atoms with Gasteiger partial charge in [0, 0.05) is 6.54 Å². The lowest BCUT2D eigenvalue weighted by Crippen LogP contribution is -2.20. The van der Waals surface area contributed by atoms with Crippen LogP contribution < -0.4 is 10.6 Å². The summed E-state index contributed by atoms with van der Waals surface area (Å²) >= 11 is 0. The van der Waals surface area contributed by atoms with E-state index in [2.05, 4.69) is 25.6 Å². The van der Waals surface area contributed by atoms with Gasteiger partial charge in [-0.05, 0) is 17.7 Å². The van der Waals surface area contributed by atoms with Gasteiger partial charge in [-0.25, -0.2) is 15.0 Å². The molecule has 4 rings (SSSR count). The van der Waals surface area contributed by atoms with E-state index >= 15 is 0 Å². The van der Waals surface area contributed by atoms with Crippen molar-refractivity contribution in [3.63, 3.8) is 0 Å². The fourth-order valence-electron chi connectivity index (χ4n) is 2.86. The van der Waals surface area contributed by atoms with Crippen LogP contribution in [0.25, 0.3) is 11.0 Å². The molecule has 0 aliphatic heterocycles. The van der Waals surface area contributed by atoms with Crippen LogP contribution in [0.1, 0.15) is 5.56 Å². The number of aromatic nitrogens is 4. The van der Waals surface area contributed by atoms with Crippen LogP contribution in [0.2, 0.25) is 0 Å². The van der Waals surface area contributed by atoms with E-state index in [4.69, 9.17) is 0 Å². The van der Waals surface area contributed by atoms with Gasteiger partial charge in [0.05, 0.1) is 29.1 Å². The average molecular weight is 358 g/mol. The van der Waals surface area contributed by atoms with Gasteiger partial charge in [0.25, 0.3) is 0 Å². The van der Waals surface area contributed by atoms with Crippen LogP contribution in [0, 0.1) is 0 Å². The maximum atomic E-state index is 12.5. The van der Waals surface area contributed by atoms with E-state index < -0.39 is 0 Å². The van der Waals surface area contributed by atoms with Gasteiger partial charge < -0.3 is 15.2 Å². The summed E-state index contributed by atoms with van der Waals surface area (Å²) in [5.41, 5.74) is 3.43. The van der Waals surface area contributed by atoms with Crippen molar-refractivity contribution in [3.8, 4) is 0 Å². The van der Waals surface area contributed by atoms with Crippen LogP contribution in [-0.4, -0.2) is 25.4 Å². The van der Waals surface area contributed by atoms with Crippen LogP contribution in [-0.2, 0) is 17.9 Å². The highest BCUT2D eigenvalue weighted by Gasteiger charge is 2.13. The van der Waals surface area contributed by atoms with Crippen molar-refractivity contribution in [2.75, 3.05) is 10.6 Å². The number of benzene rings is 2. The fourth-order valence-corrected chi connectivity index (χ4v) is 2.86. The second-order valence-corrected chi connectivity index (χ2v) is 6.02. The summed E-state index contributed by atoms with van der Waals surface area (Å²) in [6, 6.07) is 17.8. The zero-order valence-corrected chi connectivity index (χ0v) is 14.5. The normalized spacial score (nSPS) is 10.7. The van der Waals surface area contributed by atoms with Gasteiger partial charge >= 0.3 is 0 Å². The molecule has 0 fully saturated rings. The van der Waals surface area contributed by atoms with Gasteiger partial charge in [0.15, 0.2) is 0 Å². The molecule has 0 radical (unpaired) electrons. The highest BCUT2D eigenvalue weighted by molar-refractivity contribution is 5.92. The smallest absolute Gasteiger partial charge is 0.244 e. The molecule has 0 atom stereocenters. The number of imidazole rings is 1. The number of amides is 1. The number of fused-ring (bicyclic) bond motifs is 1. The van der Waals surface area contributed by atoms with Crippen LogP contribution in [0.5, 0.6) is 0 Å². The van der Waals surface area contributed by atoms with Gasteiger partial charge in [0.2, 0.25) is 11.9 Å². The second-order valence-electron chi connectivity index (χ2n) is 6.02. The minimum atomic E-state index is -0.171. The van der Waals surface area contributed by atoms with Crippen LogP contribution in [0.15, 0.2) is 73.3 Å². The number of anilines is 2. The molecule has 2 N–H and O–H groups in total. The minimum Gasteiger partial charge on any atom is -0.352 e. The molecule has 7 nitrogen and oxygen atoms in total. The van der Waals surface area contributed by atoms with Crippen molar-refractivity contribution < 1.29 is 4.79 Å². The number of nitrogens with zero attached hydrogens (tertiary/aromatic N) is 4. The average Bonchev–Trinajstić information content (AvgIpc) is 3.05. The number of carbonyl (C=O) groups is 1. The molecule has 0 spiro atoms. The summed E-state index contributed by atoms with van der Waals surface area (Å²) in [6.07, 6.45) is 4.54. The van der Waals surface area contributed by atoms with Gasteiger partial charge in [-0.1, -0.05) is 42.5 Å². The van der Waals surface area contributed by atoms with Crippen LogP contribution >= 0.6 is 0 Å². The number of nitrogens with one attached hydrogen (secondary N) is 2. The SMILES string of the molecule is O=C(Cn1c(NCc2ccccc2)nc2ccccc21)Nc1cncnc1. The first-order chi connectivity index (χ1) is 13.3. The molecule has 0 saturated heterocycles. The van der Waals surface area contributed by atoms with Crippen molar-refractivity contribution in [3.05, 3.63) is 78.9 Å². The Balaban J connectivity index is 1.57. The van der Waals surface area contributed by atoms with Crippen LogP contribution in [0.3, 0.4) is 0 Å². The number of rotatable bonds is 6. The summed E-state index contributed by atoms with van der Waals surface area (Å²) in [7, 11) is 0. The number of para-hydroxylation sites is 2. The zero-order valence-electron chi connectivity index (χ0n) is 14.5. The van der Waals surface area contributed by atoms with E-state index in [1.54, 1.807) is 12.4 Å². The summed E-state index contributed by atoms with van der Waals surface area (Å²) < 4.78 is 1.87. The molecule has 1 amide bonds. The van der Waals surface area contributed by atoms with Crippen LogP contribution in [0.4, 0.5) is 11.6 Å². The first kappa shape index (κ1) is 16.7. The molecule has 0 aliphatic rings. The third-order valence-electron chi connectivity index (χ3n) is 4.09. The molecule has 7 heteroatoms. The molecule has 2 aromatic heterocycles. The maximum absolute atomic E-state index is 12.5. The quantitative estimate of drug-likeness (QED) is 0.553. The number of hydrogen-bond donors (Lipinski definition) is 2. The monoisotopic (exact) mass is 358 g/mol. The molecule has 0 bridgehead atoms. The third-order valence-corrected chi connectivity index (χ3v) is 4.09. The predicted molar refractivity (Wildman–Crippen MR) is 104 cm³/mol. The Morgan fingerprint density at radius 1 is 0.963 bits per heavy atom. The Kier molecular flexibility index (Phi) is 4.74. The Labute approximate surface area is 156 Å². The summed E-state index contributed by atoms with van der Waals surface area (Å²) in [5, 5.41) is 6.14. The van der Waals surface area contributed by atoms with Crippen molar-refractivity contribution in [2.45, 2.75) is 13.1 Å². The molecule has 27 heavy (non-hydrogen) atoms. The standard InChI is InChI=1S/C20H18N6O/c27-19(24-16-11-21-14-22-12-16)13-26-18-9-5-4-8-17(18)25-20(26)23-10-15-6-2-1-3-7-15/h1-9,11-12,14H,10,13H2,(H,23,25)(H,24,27). The van der Waals surface area contributed by atoms with E-state index in [1.807, 2.05) is 59.2 Å². The minimum absolute atomic E-state index is 0.131. The molecular formula is C20H18N6O. The van der Waals surface area contributed by atoms with Crippen molar-refractivity contribution in [1.82, 2.24) is 19.5 Å². The Bertz CT molecular complexity index is 1050. The third kappa shape index (κ3) is 3.92. The molecule has 0 saturated carbocycles. The molecule has 4 aromatic rings. The van der Waals surface area contributed by atoms with Crippen molar-refractivity contribution in [2.24, 2.45) is 0 Å². The molecule has 0 aliphatic carbocycles. The summed E-state index contributed by atoms with van der Waals surface area (Å²) in [4.78, 5) is 25.0. The van der Waals surface area contributed by atoms with E-state index in [0.29, 0.717) is 18.2 Å². The Morgan fingerprint density at radius 2 is 1.70 bits per heavy atom. The fraction of sp³-hybridized carbons (Fsp3) is 0.100. The van der Waals surface area contributed by atoms with E-state index in [0.717, 1.165) is 16.6 Å². The molecule has 2 aromatic carbocycles. The second kappa shape index (κ2) is 7.65.